The number of amides is 2. The van der Waals surface area contributed by atoms with E-state index in [4.69, 9.17) is 4.74 Å². The molecule has 2 saturated heterocycles. The fraction of sp³-hybridized carbons (Fsp3) is 0.179. The Bertz CT molecular complexity index is 1800. The van der Waals surface area contributed by atoms with Gasteiger partial charge in [0.2, 0.25) is 11.8 Å². The summed E-state index contributed by atoms with van der Waals surface area (Å²) in [7, 11) is 1.35. The van der Waals surface area contributed by atoms with Gasteiger partial charge in [-0.1, -0.05) is 47.7 Å². The van der Waals surface area contributed by atoms with Crippen LogP contribution in [0.4, 0.5) is 17.1 Å². The number of hydrogen-bond acceptors (Lipinski definition) is 9. The summed E-state index contributed by atoms with van der Waals surface area (Å²) >= 11 is 0. The number of methoxy groups -OCH3 is 1. The normalized spacial score (nSPS) is 22.8. The van der Waals surface area contributed by atoms with Crippen LogP contribution in [-0.2, 0) is 9.59 Å². The second-order valence-electron chi connectivity index (χ2n) is 9.77. The first-order valence-corrected chi connectivity index (χ1v) is 12.5. The van der Waals surface area contributed by atoms with E-state index in [-0.39, 0.29) is 17.1 Å². The van der Waals surface area contributed by atoms with Crippen LogP contribution >= 0.6 is 0 Å². The number of aromatic nitrogens is 3. The molecule has 1 aromatic heterocycles. The number of anilines is 2. The van der Waals surface area contributed by atoms with Crippen LogP contribution in [0.2, 0.25) is 0 Å². The number of ether oxygens (including phenoxy) is 1. The Hall–Kier alpha value is -5.39. The molecular weight excluding hydrogens is 516 g/mol. The predicted octanol–water partition coefficient (Wildman–Crippen LogP) is 3.08. The minimum absolute atomic E-state index is 0.0368. The largest absolute Gasteiger partial charge is 0.495 e. The summed E-state index contributed by atoms with van der Waals surface area (Å²) in [6.45, 7) is 0. The van der Waals surface area contributed by atoms with Gasteiger partial charge in [-0.05, 0) is 29.8 Å². The summed E-state index contributed by atoms with van der Waals surface area (Å²) in [4.78, 5) is 56.2. The summed E-state index contributed by atoms with van der Waals surface area (Å²) in [5, 5.41) is 19.7. The van der Waals surface area contributed by atoms with E-state index in [9.17, 15) is 24.5 Å². The van der Waals surface area contributed by atoms with Gasteiger partial charge in [0.15, 0.2) is 0 Å². The van der Waals surface area contributed by atoms with Crippen LogP contribution in [0.25, 0.3) is 17.1 Å². The Morgan fingerprint density at radius 2 is 1.73 bits per heavy atom. The number of carbonyl (C=O) groups is 3. The van der Waals surface area contributed by atoms with Crippen molar-refractivity contribution in [3.63, 3.8) is 0 Å². The van der Waals surface area contributed by atoms with Gasteiger partial charge in [-0.25, -0.2) is 4.90 Å². The van der Waals surface area contributed by atoms with Gasteiger partial charge in [-0.15, -0.1) is 5.10 Å². The highest BCUT2D eigenvalue weighted by Crippen LogP contribution is 2.50. The molecule has 12 nitrogen and oxygen atoms in total. The molecule has 12 heteroatoms. The molecule has 0 spiro atoms. The smallest absolute Gasteiger partial charge is 0.272 e. The first kappa shape index (κ1) is 23.7. The quantitative estimate of drug-likeness (QED) is 0.219. The van der Waals surface area contributed by atoms with Crippen LogP contribution in [0.5, 0.6) is 5.75 Å². The number of nitrogens with zero attached hydrogens (tertiary/aromatic N) is 6. The van der Waals surface area contributed by atoms with Gasteiger partial charge in [-0.3, -0.25) is 24.5 Å². The average Bonchev–Trinajstić information content (AvgIpc) is 3.63. The minimum Gasteiger partial charge on any atom is -0.495 e. The molecule has 0 saturated carbocycles. The molecule has 40 heavy (non-hydrogen) atoms. The number of nitro groups is 1. The summed E-state index contributed by atoms with van der Waals surface area (Å²) in [5.41, 5.74) is 2.21. The Morgan fingerprint density at radius 1 is 0.975 bits per heavy atom. The Labute approximate surface area is 226 Å². The van der Waals surface area contributed by atoms with E-state index in [2.05, 4.69) is 10.3 Å². The molecular formula is C28H20N6O6. The first-order valence-electron chi connectivity index (χ1n) is 12.5. The summed E-state index contributed by atoms with van der Waals surface area (Å²) in [6, 6.07) is 16.4. The molecule has 7 rings (SSSR count). The lowest BCUT2D eigenvalue weighted by Gasteiger charge is -2.36. The molecule has 198 valence electrons. The molecule has 3 aliphatic heterocycles. The number of imide groups is 1. The van der Waals surface area contributed by atoms with Gasteiger partial charge < -0.3 is 9.64 Å². The molecule has 3 aliphatic rings. The van der Waals surface area contributed by atoms with E-state index in [1.165, 1.54) is 23.9 Å². The summed E-state index contributed by atoms with van der Waals surface area (Å²) < 4.78 is 6.54. The van der Waals surface area contributed by atoms with E-state index >= 15 is 0 Å². The third-order valence-electron chi connectivity index (χ3n) is 7.84. The zero-order valence-electron chi connectivity index (χ0n) is 20.9. The number of hydrogen-bond donors (Lipinski definition) is 0. The lowest BCUT2D eigenvalue weighted by Crippen LogP contribution is -2.50. The molecule has 0 aliphatic carbocycles. The number of nitro benzene ring substituents is 1. The number of benzene rings is 3. The predicted molar refractivity (Wildman–Crippen MR) is 143 cm³/mol. The Balaban J connectivity index is 1.40. The molecule has 2 fully saturated rings. The summed E-state index contributed by atoms with van der Waals surface area (Å²) in [5.74, 6) is -3.61. The third-order valence-corrected chi connectivity index (χ3v) is 7.84. The van der Waals surface area contributed by atoms with Gasteiger partial charge >= 0.3 is 0 Å². The highest BCUT2D eigenvalue weighted by Gasteiger charge is 2.65. The molecule has 0 bridgehead atoms. The maximum Gasteiger partial charge on any atom is 0.272 e. The van der Waals surface area contributed by atoms with Crippen molar-refractivity contribution < 1.29 is 24.0 Å². The molecule has 2 amide bonds. The second-order valence-corrected chi connectivity index (χ2v) is 9.77. The highest BCUT2D eigenvalue weighted by atomic mass is 16.6. The number of para-hydroxylation sites is 2. The van der Waals surface area contributed by atoms with E-state index in [0.717, 1.165) is 16.5 Å². The first-order chi connectivity index (χ1) is 19.4. The van der Waals surface area contributed by atoms with Crippen molar-refractivity contribution in [2.75, 3.05) is 16.9 Å². The molecule has 0 unspecified atom stereocenters. The van der Waals surface area contributed by atoms with Crippen molar-refractivity contribution in [2.45, 2.75) is 12.1 Å². The zero-order chi connectivity index (χ0) is 27.7. The van der Waals surface area contributed by atoms with Crippen molar-refractivity contribution in [3.05, 3.63) is 88.5 Å². The highest BCUT2D eigenvalue weighted by molar-refractivity contribution is 6.25. The number of non-ortho nitro benzene ring substituents is 1. The van der Waals surface area contributed by atoms with Crippen molar-refractivity contribution in [2.24, 2.45) is 11.8 Å². The number of fused-ring (bicyclic) bond motifs is 6. The molecule has 4 atom stereocenters. The lowest BCUT2D eigenvalue weighted by atomic mass is 9.88. The molecule has 0 radical (unpaired) electrons. The Kier molecular flexibility index (Phi) is 5.07. The SMILES string of the molecule is COc1ccc([N+](=O)[O-])cc1N1C(=O)[C@@H]2[C@H](C1=O)[C@H](C(=O)n1nnc3ccccc31)N1c3ccccc3C=C[C@@H]21. The van der Waals surface area contributed by atoms with Crippen LogP contribution in [0.15, 0.2) is 72.8 Å². The molecule has 4 aromatic rings. The van der Waals surface area contributed by atoms with Crippen molar-refractivity contribution >= 4 is 51.9 Å². The molecule has 4 heterocycles. The van der Waals surface area contributed by atoms with Gasteiger partial charge in [0, 0.05) is 17.8 Å². The van der Waals surface area contributed by atoms with Crippen LogP contribution < -0.4 is 14.5 Å². The number of carbonyl (C=O) groups excluding carboxylic acids is 3. The minimum atomic E-state index is -1.10. The zero-order valence-corrected chi connectivity index (χ0v) is 20.9. The van der Waals surface area contributed by atoms with Gasteiger partial charge in [0.25, 0.3) is 11.6 Å². The topological polar surface area (TPSA) is 141 Å². The van der Waals surface area contributed by atoms with Gasteiger partial charge in [0.05, 0.1) is 35.4 Å². The Morgan fingerprint density at radius 3 is 2.52 bits per heavy atom. The van der Waals surface area contributed by atoms with E-state index in [0.29, 0.717) is 16.7 Å². The lowest BCUT2D eigenvalue weighted by molar-refractivity contribution is -0.384. The molecule has 0 N–H and O–H groups in total. The maximum atomic E-state index is 14.3. The van der Waals surface area contributed by atoms with Crippen molar-refractivity contribution in [3.8, 4) is 5.75 Å². The maximum absolute atomic E-state index is 14.3. The van der Waals surface area contributed by atoms with E-state index in [1.807, 2.05) is 41.3 Å². The van der Waals surface area contributed by atoms with Crippen molar-refractivity contribution in [1.82, 2.24) is 15.0 Å². The van der Waals surface area contributed by atoms with Crippen LogP contribution in [0, 0.1) is 22.0 Å². The number of rotatable bonds is 4. The van der Waals surface area contributed by atoms with Crippen molar-refractivity contribution in [1.29, 1.82) is 0 Å². The van der Waals surface area contributed by atoms with E-state index in [1.54, 1.807) is 24.3 Å². The average molecular weight is 537 g/mol. The fourth-order valence-corrected chi connectivity index (χ4v) is 6.16. The van der Waals surface area contributed by atoms with Crippen LogP contribution in [0.1, 0.15) is 10.4 Å². The van der Waals surface area contributed by atoms with Crippen LogP contribution in [-0.4, -0.2) is 56.8 Å². The monoisotopic (exact) mass is 536 g/mol. The standard InChI is InChI=1S/C28H20N6O6/c1-40-22-13-11-16(34(38)39)14-21(22)32-26(35)23-20-12-10-15-6-2-4-8-18(15)31(20)25(24(23)27(32)36)28(37)33-19-9-5-3-7-17(19)29-30-33/h2-14,20,23-25H,1H3/t20-,23-,24-,25+/m0/s1. The summed E-state index contributed by atoms with van der Waals surface area (Å²) in [6.07, 6.45) is 3.70. The molecule has 3 aromatic carbocycles. The van der Waals surface area contributed by atoms with E-state index < -0.39 is 46.6 Å². The third kappa shape index (κ3) is 3.16. The van der Waals surface area contributed by atoms with Gasteiger partial charge in [0.1, 0.15) is 23.0 Å². The van der Waals surface area contributed by atoms with Crippen LogP contribution in [0.3, 0.4) is 0 Å². The van der Waals surface area contributed by atoms with Gasteiger partial charge in [-0.2, -0.15) is 4.68 Å². The second kappa shape index (κ2) is 8.56. The fourth-order valence-electron chi connectivity index (χ4n) is 6.16.